The van der Waals surface area contributed by atoms with Crippen LogP contribution in [0.5, 0.6) is 0 Å². The monoisotopic (exact) mass is 233 g/mol. The van der Waals surface area contributed by atoms with Gasteiger partial charge in [-0.3, -0.25) is 0 Å². The third kappa shape index (κ3) is 2.37. The summed E-state index contributed by atoms with van der Waals surface area (Å²) in [7, 11) is 0. The van der Waals surface area contributed by atoms with E-state index in [1.165, 1.54) is 31.2 Å². The third-order valence-electron chi connectivity index (χ3n) is 4.29. The lowest BCUT2D eigenvalue weighted by Gasteiger charge is -2.37. The average Bonchev–Trinajstić information content (AvgIpc) is 3.06. The molecule has 1 aromatic rings. The number of halogens is 1. The molecule has 0 heterocycles. The molecule has 1 N–H and O–H groups in total. The fourth-order valence-corrected chi connectivity index (χ4v) is 2.70. The lowest BCUT2D eigenvalue weighted by Crippen LogP contribution is -2.34. The molecule has 2 saturated carbocycles. The summed E-state index contributed by atoms with van der Waals surface area (Å²) in [6, 6.07) is 6.54. The molecule has 1 aromatic carbocycles. The number of nitrogens with one attached hydrogen (secondary N) is 1. The van der Waals surface area contributed by atoms with Gasteiger partial charge in [0.05, 0.1) is 0 Å². The summed E-state index contributed by atoms with van der Waals surface area (Å²) < 4.78 is 13.5. The Morgan fingerprint density at radius 3 is 2.65 bits per heavy atom. The van der Waals surface area contributed by atoms with Crippen LogP contribution in [0, 0.1) is 18.7 Å². The lowest BCUT2D eigenvalue weighted by molar-refractivity contribution is 0.244. The van der Waals surface area contributed by atoms with Crippen LogP contribution in [0.15, 0.2) is 18.2 Å². The van der Waals surface area contributed by atoms with Gasteiger partial charge in [0.15, 0.2) is 0 Å². The van der Waals surface area contributed by atoms with Crippen LogP contribution in [0.1, 0.15) is 42.7 Å². The molecule has 92 valence electrons. The van der Waals surface area contributed by atoms with Gasteiger partial charge in [-0.2, -0.15) is 0 Å². The lowest BCUT2D eigenvalue weighted by atomic mass is 9.70. The summed E-state index contributed by atoms with van der Waals surface area (Å²) in [5, 5.41) is 3.59. The van der Waals surface area contributed by atoms with Gasteiger partial charge in [0, 0.05) is 6.04 Å². The van der Waals surface area contributed by atoms with Crippen molar-refractivity contribution >= 4 is 0 Å². The topological polar surface area (TPSA) is 12.0 Å². The molecule has 0 aromatic heterocycles. The van der Waals surface area contributed by atoms with Gasteiger partial charge in [-0.05, 0) is 68.2 Å². The largest absolute Gasteiger partial charge is 0.314 e. The second-order valence-electron chi connectivity index (χ2n) is 5.64. The predicted octanol–water partition coefficient (Wildman–Crippen LogP) is 3.38. The van der Waals surface area contributed by atoms with Gasteiger partial charge in [0.25, 0.3) is 0 Å². The minimum absolute atomic E-state index is 0.0525. The van der Waals surface area contributed by atoms with Crippen molar-refractivity contribution in [1.29, 1.82) is 0 Å². The van der Waals surface area contributed by atoms with Crippen LogP contribution in [0.3, 0.4) is 0 Å². The zero-order chi connectivity index (χ0) is 11.8. The van der Waals surface area contributed by atoms with Gasteiger partial charge in [-0.1, -0.05) is 12.1 Å². The second-order valence-corrected chi connectivity index (χ2v) is 5.64. The van der Waals surface area contributed by atoms with Crippen LogP contribution in [-0.2, 0) is 0 Å². The van der Waals surface area contributed by atoms with Crippen molar-refractivity contribution in [3.05, 3.63) is 35.1 Å². The first-order valence-corrected chi connectivity index (χ1v) is 6.73. The van der Waals surface area contributed by atoms with Crippen molar-refractivity contribution in [2.45, 2.75) is 44.6 Å². The first-order chi connectivity index (χ1) is 8.24. The highest BCUT2D eigenvalue weighted by atomic mass is 19.1. The molecule has 1 nitrogen and oxygen atoms in total. The Balaban J connectivity index is 1.64. The molecule has 2 aliphatic rings. The van der Waals surface area contributed by atoms with Gasteiger partial charge in [-0.25, -0.2) is 4.39 Å². The summed E-state index contributed by atoms with van der Waals surface area (Å²) in [4.78, 5) is 0. The van der Waals surface area contributed by atoms with E-state index in [2.05, 4.69) is 11.4 Å². The molecular formula is C15H20FN. The van der Waals surface area contributed by atoms with E-state index in [0.29, 0.717) is 5.92 Å². The van der Waals surface area contributed by atoms with Crippen LogP contribution >= 0.6 is 0 Å². The molecule has 2 aliphatic carbocycles. The zero-order valence-electron chi connectivity index (χ0n) is 10.4. The van der Waals surface area contributed by atoms with Crippen LogP contribution < -0.4 is 5.32 Å². The minimum Gasteiger partial charge on any atom is -0.314 e. The predicted molar refractivity (Wildman–Crippen MR) is 67.6 cm³/mol. The summed E-state index contributed by atoms with van der Waals surface area (Å²) in [5.41, 5.74) is 1.95. The fraction of sp³-hybridized carbons (Fsp3) is 0.600. The highest BCUT2D eigenvalue weighted by Gasteiger charge is 2.33. The molecule has 0 radical (unpaired) electrons. The second kappa shape index (κ2) is 4.41. The van der Waals surface area contributed by atoms with E-state index < -0.39 is 0 Å². The molecule has 0 saturated heterocycles. The third-order valence-corrected chi connectivity index (χ3v) is 4.29. The van der Waals surface area contributed by atoms with Crippen molar-refractivity contribution in [1.82, 2.24) is 5.32 Å². The van der Waals surface area contributed by atoms with E-state index in [1.54, 1.807) is 6.07 Å². The normalized spacial score (nSPS) is 27.9. The molecule has 17 heavy (non-hydrogen) atoms. The Bertz CT molecular complexity index is 411. The van der Waals surface area contributed by atoms with E-state index in [1.807, 2.05) is 13.0 Å². The van der Waals surface area contributed by atoms with E-state index in [0.717, 1.165) is 24.1 Å². The van der Waals surface area contributed by atoms with Crippen molar-refractivity contribution < 1.29 is 4.39 Å². The van der Waals surface area contributed by atoms with Crippen molar-refractivity contribution in [2.24, 2.45) is 5.92 Å². The Hall–Kier alpha value is -0.890. The number of hydrogen-bond acceptors (Lipinski definition) is 1. The van der Waals surface area contributed by atoms with Crippen molar-refractivity contribution in [3.8, 4) is 0 Å². The maximum Gasteiger partial charge on any atom is 0.126 e. The standard InChI is InChI=1S/C15H20FN/c1-10-2-3-11(8-15(10)16)14-7-4-12(14)9-17-13-5-6-13/h2-3,8,12-14,17H,4-7,9H2,1H3. The highest BCUT2D eigenvalue weighted by molar-refractivity contribution is 5.28. The van der Waals surface area contributed by atoms with Crippen molar-refractivity contribution in [3.63, 3.8) is 0 Å². The van der Waals surface area contributed by atoms with Crippen LogP contribution in [-0.4, -0.2) is 12.6 Å². The molecule has 2 atom stereocenters. The highest BCUT2D eigenvalue weighted by Crippen LogP contribution is 2.42. The Labute approximate surface area is 102 Å². The smallest absolute Gasteiger partial charge is 0.126 e. The first-order valence-electron chi connectivity index (χ1n) is 6.73. The van der Waals surface area contributed by atoms with Crippen LogP contribution in [0.2, 0.25) is 0 Å². The van der Waals surface area contributed by atoms with Gasteiger partial charge < -0.3 is 5.32 Å². The van der Waals surface area contributed by atoms with Crippen molar-refractivity contribution in [2.75, 3.05) is 6.54 Å². The Morgan fingerprint density at radius 2 is 2.06 bits per heavy atom. The summed E-state index contributed by atoms with van der Waals surface area (Å²) in [6.07, 6.45) is 5.20. The van der Waals surface area contributed by atoms with Gasteiger partial charge in [0.1, 0.15) is 5.82 Å². The molecule has 2 heteroatoms. The zero-order valence-corrected chi connectivity index (χ0v) is 10.4. The van der Waals surface area contributed by atoms with E-state index in [4.69, 9.17) is 0 Å². The number of benzene rings is 1. The fourth-order valence-electron chi connectivity index (χ4n) is 2.70. The average molecular weight is 233 g/mol. The first kappa shape index (κ1) is 11.2. The Morgan fingerprint density at radius 1 is 1.24 bits per heavy atom. The van der Waals surface area contributed by atoms with Crippen LogP contribution in [0.25, 0.3) is 0 Å². The maximum absolute atomic E-state index is 13.5. The Kier molecular flexibility index (Phi) is 2.91. The maximum atomic E-state index is 13.5. The SMILES string of the molecule is Cc1ccc(C2CCC2CNC2CC2)cc1F. The molecule has 3 rings (SSSR count). The van der Waals surface area contributed by atoms with E-state index in [9.17, 15) is 4.39 Å². The molecule has 0 spiro atoms. The van der Waals surface area contributed by atoms with Crippen LogP contribution in [0.4, 0.5) is 4.39 Å². The molecule has 0 bridgehead atoms. The summed E-state index contributed by atoms with van der Waals surface area (Å²) in [5.74, 6) is 1.25. The molecule has 0 amide bonds. The molecule has 2 unspecified atom stereocenters. The van der Waals surface area contributed by atoms with E-state index >= 15 is 0 Å². The quantitative estimate of drug-likeness (QED) is 0.840. The molecule has 2 fully saturated rings. The van der Waals surface area contributed by atoms with Gasteiger partial charge in [-0.15, -0.1) is 0 Å². The summed E-state index contributed by atoms with van der Waals surface area (Å²) >= 11 is 0. The summed E-state index contributed by atoms with van der Waals surface area (Å²) in [6.45, 7) is 2.94. The minimum atomic E-state index is -0.0525. The number of hydrogen-bond donors (Lipinski definition) is 1. The van der Waals surface area contributed by atoms with E-state index in [-0.39, 0.29) is 5.82 Å². The van der Waals surface area contributed by atoms with Gasteiger partial charge in [0.2, 0.25) is 0 Å². The number of aryl methyl sites for hydroxylation is 1. The molecule has 0 aliphatic heterocycles. The number of rotatable bonds is 4. The molecular weight excluding hydrogens is 213 g/mol. The van der Waals surface area contributed by atoms with Gasteiger partial charge >= 0.3 is 0 Å².